The number of rotatable bonds is 7. The number of allylic oxidation sites excluding steroid dienone is 2. The number of phosphoric acid groups is 1. The lowest BCUT2D eigenvalue weighted by Crippen LogP contribution is -2.44. The van der Waals surface area contributed by atoms with Gasteiger partial charge >= 0.3 is 19.8 Å². The Morgan fingerprint density at radius 3 is 2.32 bits per heavy atom. The molecular formula is C16H22NO10P. The quantitative estimate of drug-likeness (QED) is 0.435. The van der Waals surface area contributed by atoms with E-state index in [9.17, 15) is 18.9 Å². The fourth-order valence-corrected chi connectivity index (χ4v) is 3.21. The summed E-state index contributed by atoms with van der Waals surface area (Å²) >= 11 is 0. The van der Waals surface area contributed by atoms with Gasteiger partial charge in [-0.25, -0.2) is 4.57 Å². The monoisotopic (exact) mass is 419 g/mol. The topological polar surface area (TPSA) is 149 Å². The maximum absolute atomic E-state index is 11.7. The Morgan fingerprint density at radius 1 is 1.18 bits per heavy atom. The molecule has 2 heterocycles. The van der Waals surface area contributed by atoms with Crippen molar-refractivity contribution < 1.29 is 47.5 Å². The van der Waals surface area contributed by atoms with Crippen LogP contribution in [0.3, 0.4) is 0 Å². The molecule has 11 nitrogen and oxygen atoms in total. The molecular weight excluding hydrogens is 397 g/mol. The molecule has 2 aliphatic heterocycles. The van der Waals surface area contributed by atoms with E-state index >= 15 is 0 Å². The SMILES string of the molecule is CC(=O)OC1[C@@H](COP(=O)(O)O)O[C@@H](N2C=CCC(C(C)=O)=C2)[C@H]1OC(C)=O. The average Bonchev–Trinajstić information content (AvgIpc) is 2.89. The highest BCUT2D eigenvalue weighted by Gasteiger charge is 2.51. The number of hydrogen-bond acceptors (Lipinski definition) is 9. The molecule has 0 aromatic rings. The summed E-state index contributed by atoms with van der Waals surface area (Å²) in [5, 5.41) is 0. The molecule has 0 radical (unpaired) electrons. The summed E-state index contributed by atoms with van der Waals surface area (Å²) in [5.74, 6) is -1.54. The summed E-state index contributed by atoms with van der Waals surface area (Å²) in [6.45, 7) is 3.08. The molecule has 0 saturated carbocycles. The van der Waals surface area contributed by atoms with Gasteiger partial charge in [-0.1, -0.05) is 6.08 Å². The van der Waals surface area contributed by atoms with Crippen LogP contribution < -0.4 is 0 Å². The number of hydrogen-bond donors (Lipinski definition) is 2. The van der Waals surface area contributed by atoms with Crippen LogP contribution in [0, 0.1) is 0 Å². The number of carbonyl (C=O) groups excluding carboxylic acids is 3. The van der Waals surface area contributed by atoms with Gasteiger partial charge in [-0.05, 0) is 13.3 Å². The van der Waals surface area contributed by atoms with Crippen molar-refractivity contribution >= 4 is 25.5 Å². The fraction of sp³-hybridized carbons (Fsp3) is 0.562. The Labute approximate surface area is 161 Å². The van der Waals surface area contributed by atoms with E-state index in [2.05, 4.69) is 4.52 Å². The number of esters is 2. The minimum absolute atomic E-state index is 0.158. The largest absolute Gasteiger partial charge is 0.469 e. The lowest BCUT2D eigenvalue weighted by molar-refractivity contribution is -0.166. The first-order chi connectivity index (χ1) is 13.0. The highest BCUT2D eigenvalue weighted by atomic mass is 31.2. The van der Waals surface area contributed by atoms with Crippen molar-refractivity contribution in [2.75, 3.05) is 6.61 Å². The van der Waals surface area contributed by atoms with Crippen molar-refractivity contribution in [2.45, 2.75) is 51.7 Å². The summed E-state index contributed by atoms with van der Waals surface area (Å²) in [6, 6.07) is 0. The third-order valence-corrected chi connectivity index (χ3v) is 4.45. The highest BCUT2D eigenvalue weighted by Crippen LogP contribution is 2.38. The third-order valence-electron chi connectivity index (χ3n) is 3.96. The van der Waals surface area contributed by atoms with E-state index in [0.29, 0.717) is 12.0 Å². The zero-order valence-corrected chi connectivity index (χ0v) is 16.4. The number of ketones is 1. The standard InChI is InChI=1S/C16H22NO10P/c1-9(18)12-5-4-6-17(7-12)16-15(26-11(3)20)14(25-10(2)19)13(27-16)8-24-28(21,22)23/h4,6-7,13-16H,5,8H2,1-3H3,(H2,21,22,23)/t13-,14?,15+,16-/m1/s1. The van der Waals surface area contributed by atoms with Crippen molar-refractivity contribution in [3.05, 3.63) is 24.0 Å². The maximum Gasteiger partial charge on any atom is 0.469 e. The van der Waals surface area contributed by atoms with E-state index in [1.807, 2.05) is 0 Å². The first-order valence-electron chi connectivity index (χ1n) is 8.33. The minimum atomic E-state index is -4.81. The zero-order valence-electron chi connectivity index (χ0n) is 15.5. The lowest BCUT2D eigenvalue weighted by atomic mass is 10.1. The molecule has 0 aliphatic carbocycles. The number of phosphoric ester groups is 1. The number of carbonyl (C=O) groups is 3. The zero-order chi connectivity index (χ0) is 21.1. The molecule has 1 saturated heterocycles. The molecule has 2 rings (SSSR count). The van der Waals surface area contributed by atoms with Crippen LogP contribution in [0.2, 0.25) is 0 Å². The van der Waals surface area contributed by atoms with Crippen molar-refractivity contribution in [2.24, 2.45) is 0 Å². The molecule has 28 heavy (non-hydrogen) atoms. The van der Waals surface area contributed by atoms with Crippen LogP contribution in [-0.2, 0) is 37.7 Å². The van der Waals surface area contributed by atoms with Crippen LogP contribution in [0.25, 0.3) is 0 Å². The molecule has 0 spiro atoms. The molecule has 0 aromatic heterocycles. The molecule has 0 amide bonds. The van der Waals surface area contributed by atoms with Crippen molar-refractivity contribution in [3.8, 4) is 0 Å². The minimum Gasteiger partial charge on any atom is -0.456 e. The third kappa shape index (κ3) is 5.98. The molecule has 0 aromatic carbocycles. The fourth-order valence-electron chi connectivity index (χ4n) is 2.87. The van der Waals surface area contributed by atoms with E-state index in [1.54, 1.807) is 12.3 Å². The van der Waals surface area contributed by atoms with Crippen LogP contribution in [-0.4, -0.2) is 63.6 Å². The van der Waals surface area contributed by atoms with Gasteiger partial charge in [0.1, 0.15) is 6.10 Å². The molecule has 0 bridgehead atoms. The van der Waals surface area contributed by atoms with E-state index < -0.39 is 50.9 Å². The second kappa shape index (κ2) is 8.97. The second-order valence-electron chi connectivity index (χ2n) is 6.25. The van der Waals surface area contributed by atoms with E-state index in [1.165, 1.54) is 18.0 Å². The average molecular weight is 419 g/mol. The van der Waals surface area contributed by atoms with Crippen molar-refractivity contribution in [3.63, 3.8) is 0 Å². The number of ether oxygens (including phenoxy) is 3. The molecule has 156 valence electrons. The lowest BCUT2D eigenvalue weighted by Gasteiger charge is -2.30. The van der Waals surface area contributed by atoms with Crippen molar-refractivity contribution in [1.29, 1.82) is 0 Å². The van der Waals surface area contributed by atoms with Crippen molar-refractivity contribution in [1.82, 2.24) is 4.90 Å². The smallest absolute Gasteiger partial charge is 0.456 e. The van der Waals surface area contributed by atoms with Gasteiger partial charge in [0.2, 0.25) is 0 Å². The summed E-state index contributed by atoms with van der Waals surface area (Å²) in [6.07, 6.45) is 0.784. The maximum atomic E-state index is 11.7. The van der Waals surface area contributed by atoms with Gasteiger partial charge in [0.15, 0.2) is 24.2 Å². The Bertz CT molecular complexity index is 742. The summed E-state index contributed by atoms with van der Waals surface area (Å²) in [7, 11) is -4.81. The molecule has 12 heteroatoms. The number of Topliss-reactive ketones (excluding diaryl/α,β-unsaturated/α-hetero) is 1. The van der Waals surface area contributed by atoms with E-state index in [-0.39, 0.29) is 5.78 Å². The first-order valence-corrected chi connectivity index (χ1v) is 9.86. The van der Waals surface area contributed by atoms with Gasteiger partial charge in [0.05, 0.1) is 6.61 Å². The van der Waals surface area contributed by atoms with Gasteiger partial charge in [-0.15, -0.1) is 0 Å². The predicted molar refractivity (Wildman–Crippen MR) is 92.1 cm³/mol. The van der Waals surface area contributed by atoms with Gasteiger partial charge in [0, 0.05) is 31.8 Å². The molecule has 2 aliphatic rings. The molecule has 4 atom stereocenters. The van der Waals surface area contributed by atoms with Gasteiger partial charge in [-0.2, -0.15) is 0 Å². The molecule has 2 N–H and O–H groups in total. The summed E-state index contributed by atoms with van der Waals surface area (Å²) < 4.78 is 31.7. The second-order valence-corrected chi connectivity index (χ2v) is 7.49. The van der Waals surface area contributed by atoms with E-state index in [4.69, 9.17) is 24.0 Å². The summed E-state index contributed by atoms with van der Waals surface area (Å²) in [5.41, 5.74) is 0.478. The molecule has 1 unspecified atom stereocenters. The van der Waals surface area contributed by atoms with E-state index in [0.717, 1.165) is 13.8 Å². The van der Waals surface area contributed by atoms with Gasteiger partial charge in [-0.3, -0.25) is 18.9 Å². The molecule has 1 fully saturated rings. The van der Waals surface area contributed by atoms with Crippen LogP contribution in [0.15, 0.2) is 24.0 Å². The van der Waals surface area contributed by atoms with Gasteiger partial charge in [0.25, 0.3) is 0 Å². The van der Waals surface area contributed by atoms with Crippen LogP contribution in [0.5, 0.6) is 0 Å². The Morgan fingerprint density at radius 2 is 1.79 bits per heavy atom. The van der Waals surface area contributed by atoms with Crippen LogP contribution in [0.1, 0.15) is 27.2 Å². The van der Waals surface area contributed by atoms with Crippen LogP contribution >= 0.6 is 7.82 Å². The highest BCUT2D eigenvalue weighted by molar-refractivity contribution is 7.46. The summed E-state index contributed by atoms with van der Waals surface area (Å²) in [4.78, 5) is 54.1. The normalized spacial score (nSPS) is 27.3. The Kier molecular flexibility index (Phi) is 7.13. The number of nitrogens with zero attached hydrogens (tertiary/aromatic N) is 1. The Balaban J connectivity index is 2.33. The Hall–Kier alpha value is -2.04. The van der Waals surface area contributed by atoms with Crippen LogP contribution in [0.4, 0.5) is 0 Å². The predicted octanol–water partition coefficient (Wildman–Crippen LogP) is 0.376. The van der Waals surface area contributed by atoms with Gasteiger partial charge < -0.3 is 28.9 Å². The first kappa shape index (κ1) is 22.3.